The number of hydrogen-bond acceptors (Lipinski definition) is 5. The van der Waals surface area contributed by atoms with E-state index in [-0.39, 0.29) is 11.6 Å². The summed E-state index contributed by atoms with van der Waals surface area (Å²) in [5, 5.41) is 5.34. The van der Waals surface area contributed by atoms with Crippen molar-refractivity contribution in [2.24, 2.45) is 0 Å². The Morgan fingerprint density at radius 1 is 1.11 bits per heavy atom. The molecule has 136 valence electrons. The van der Waals surface area contributed by atoms with Crippen LogP contribution >= 0.6 is 11.8 Å². The number of aryl methyl sites for hydroxylation is 1. The molecule has 0 aliphatic carbocycles. The number of nitrogens with zero attached hydrogens (tertiary/aromatic N) is 3. The van der Waals surface area contributed by atoms with Gasteiger partial charge in [-0.15, -0.1) is 0 Å². The Bertz CT molecular complexity index is 1140. The molecular formula is C21H19N3O2S. The Labute approximate surface area is 161 Å². The second-order valence-electron chi connectivity index (χ2n) is 6.39. The van der Waals surface area contributed by atoms with Crippen molar-refractivity contribution in [3.8, 4) is 0 Å². The van der Waals surface area contributed by atoms with E-state index < -0.39 is 0 Å². The molecule has 0 saturated heterocycles. The van der Waals surface area contributed by atoms with Crippen LogP contribution in [0.15, 0.2) is 75.1 Å². The lowest BCUT2D eigenvalue weighted by Gasteiger charge is -2.19. The maximum absolute atomic E-state index is 13.3. The molecule has 0 amide bonds. The monoisotopic (exact) mass is 377 g/mol. The number of rotatable bonds is 5. The molecule has 2 heterocycles. The van der Waals surface area contributed by atoms with Crippen molar-refractivity contribution >= 4 is 22.7 Å². The van der Waals surface area contributed by atoms with Gasteiger partial charge in [-0.2, -0.15) is 0 Å². The number of fused-ring (bicyclic) bond motifs is 1. The molecule has 1 unspecified atom stereocenters. The van der Waals surface area contributed by atoms with Crippen molar-refractivity contribution in [2.75, 3.05) is 0 Å². The fourth-order valence-corrected chi connectivity index (χ4v) is 4.03. The molecule has 0 aliphatic rings. The summed E-state index contributed by atoms with van der Waals surface area (Å²) in [6, 6.07) is 19.2. The fraction of sp³-hybridized carbons (Fsp3) is 0.190. The second-order valence-corrected chi connectivity index (χ2v) is 7.33. The molecule has 0 aliphatic heterocycles. The molecule has 0 fully saturated rings. The van der Waals surface area contributed by atoms with Crippen LogP contribution in [0.25, 0.3) is 10.9 Å². The molecule has 2 aromatic carbocycles. The van der Waals surface area contributed by atoms with Crippen LogP contribution in [-0.2, 0) is 5.75 Å². The number of hydrogen-bond donors (Lipinski definition) is 0. The maximum Gasteiger partial charge on any atom is 0.262 e. The summed E-state index contributed by atoms with van der Waals surface area (Å²) >= 11 is 1.49. The normalized spacial score (nSPS) is 12.4. The first-order valence-electron chi connectivity index (χ1n) is 8.74. The van der Waals surface area contributed by atoms with Gasteiger partial charge in [0.2, 0.25) is 0 Å². The summed E-state index contributed by atoms with van der Waals surface area (Å²) in [5.41, 5.74) is 2.57. The maximum atomic E-state index is 13.3. The fourth-order valence-electron chi connectivity index (χ4n) is 3.07. The average Bonchev–Trinajstić information content (AvgIpc) is 3.12. The van der Waals surface area contributed by atoms with E-state index >= 15 is 0 Å². The molecule has 1 atom stereocenters. The Morgan fingerprint density at radius 3 is 2.59 bits per heavy atom. The third kappa shape index (κ3) is 3.53. The molecule has 4 aromatic rings. The zero-order chi connectivity index (χ0) is 18.8. The van der Waals surface area contributed by atoms with Crippen molar-refractivity contribution < 1.29 is 4.52 Å². The Hall–Kier alpha value is -2.86. The van der Waals surface area contributed by atoms with Crippen molar-refractivity contribution in [1.29, 1.82) is 0 Å². The summed E-state index contributed by atoms with van der Waals surface area (Å²) in [7, 11) is 0. The van der Waals surface area contributed by atoms with Crippen LogP contribution in [0.5, 0.6) is 0 Å². The summed E-state index contributed by atoms with van der Waals surface area (Å²) in [6.45, 7) is 3.89. The zero-order valence-corrected chi connectivity index (χ0v) is 15.9. The second kappa shape index (κ2) is 7.40. The third-order valence-electron chi connectivity index (χ3n) is 4.47. The minimum atomic E-state index is -0.127. The van der Waals surface area contributed by atoms with Gasteiger partial charge in [-0.3, -0.25) is 9.36 Å². The van der Waals surface area contributed by atoms with Gasteiger partial charge in [-0.05, 0) is 31.5 Å². The molecule has 2 aromatic heterocycles. The van der Waals surface area contributed by atoms with Crippen LogP contribution in [-0.4, -0.2) is 14.7 Å². The highest BCUT2D eigenvalue weighted by Crippen LogP contribution is 2.27. The lowest BCUT2D eigenvalue weighted by molar-refractivity contribution is 0.393. The van der Waals surface area contributed by atoms with Gasteiger partial charge in [-0.25, -0.2) is 4.98 Å². The predicted octanol–water partition coefficient (Wildman–Crippen LogP) is 4.59. The number of thioether (sulfide) groups is 1. The number of benzene rings is 2. The van der Waals surface area contributed by atoms with Crippen LogP contribution in [0.2, 0.25) is 0 Å². The molecule has 27 heavy (non-hydrogen) atoms. The van der Waals surface area contributed by atoms with Crippen molar-refractivity contribution in [2.45, 2.75) is 30.8 Å². The predicted molar refractivity (Wildman–Crippen MR) is 107 cm³/mol. The van der Waals surface area contributed by atoms with Gasteiger partial charge >= 0.3 is 0 Å². The highest BCUT2D eigenvalue weighted by molar-refractivity contribution is 7.98. The molecular weight excluding hydrogens is 358 g/mol. The highest BCUT2D eigenvalue weighted by atomic mass is 32.2. The molecule has 0 bridgehead atoms. The number of aromatic nitrogens is 3. The van der Waals surface area contributed by atoms with Gasteiger partial charge in [0.1, 0.15) is 5.76 Å². The van der Waals surface area contributed by atoms with Gasteiger partial charge < -0.3 is 4.52 Å². The van der Waals surface area contributed by atoms with Gasteiger partial charge in [-0.1, -0.05) is 59.4 Å². The van der Waals surface area contributed by atoms with Crippen molar-refractivity contribution in [3.05, 3.63) is 88.0 Å². The smallest absolute Gasteiger partial charge is 0.262 e. The van der Waals surface area contributed by atoms with E-state index in [1.54, 1.807) is 4.57 Å². The van der Waals surface area contributed by atoms with Crippen molar-refractivity contribution in [3.63, 3.8) is 0 Å². The van der Waals surface area contributed by atoms with E-state index in [1.807, 2.05) is 74.5 Å². The SMILES string of the molecule is Cc1cc(CSc2nc3ccccc3c(=O)n2C(C)c2ccccc2)no1. The van der Waals surface area contributed by atoms with Gasteiger partial charge in [0.05, 0.1) is 22.6 Å². The Kier molecular flexibility index (Phi) is 4.81. The van der Waals surface area contributed by atoms with Crippen LogP contribution in [0.3, 0.4) is 0 Å². The number of para-hydroxylation sites is 1. The summed E-state index contributed by atoms with van der Waals surface area (Å²) in [6.07, 6.45) is 0. The first-order valence-corrected chi connectivity index (χ1v) is 9.73. The Morgan fingerprint density at radius 2 is 1.85 bits per heavy atom. The zero-order valence-electron chi connectivity index (χ0n) is 15.1. The minimum absolute atomic E-state index is 0.0317. The molecule has 5 nitrogen and oxygen atoms in total. The van der Waals surface area contributed by atoms with E-state index in [2.05, 4.69) is 5.16 Å². The third-order valence-corrected chi connectivity index (χ3v) is 5.46. The van der Waals surface area contributed by atoms with E-state index in [9.17, 15) is 4.79 Å². The van der Waals surface area contributed by atoms with Gasteiger partial charge in [0.25, 0.3) is 5.56 Å². The average molecular weight is 377 g/mol. The summed E-state index contributed by atoms with van der Waals surface area (Å²) < 4.78 is 6.91. The first kappa shape index (κ1) is 17.5. The Balaban J connectivity index is 1.81. The standard InChI is InChI=1S/C21H19N3O2S/c1-14-12-17(23-26-14)13-27-21-22-19-11-7-6-10-18(19)20(25)24(21)15(2)16-8-4-3-5-9-16/h3-12,15H,13H2,1-2H3. The summed E-state index contributed by atoms with van der Waals surface area (Å²) in [4.78, 5) is 18.0. The minimum Gasteiger partial charge on any atom is -0.361 e. The van der Waals surface area contributed by atoms with Gasteiger partial charge in [0.15, 0.2) is 5.16 Å². The molecule has 6 heteroatoms. The lowest BCUT2D eigenvalue weighted by atomic mass is 10.1. The molecule has 4 rings (SSSR count). The topological polar surface area (TPSA) is 60.9 Å². The van der Waals surface area contributed by atoms with E-state index in [0.29, 0.717) is 21.8 Å². The first-order chi connectivity index (χ1) is 13.1. The van der Waals surface area contributed by atoms with Crippen LogP contribution in [0.1, 0.15) is 30.0 Å². The van der Waals surface area contributed by atoms with E-state index in [1.165, 1.54) is 11.8 Å². The van der Waals surface area contributed by atoms with Crippen LogP contribution in [0, 0.1) is 6.92 Å². The molecule has 0 radical (unpaired) electrons. The van der Waals surface area contributed by atoms with Crippen LogP contribution < -0.4 is 5.56 Å². The largest absolute Gasteiger partial charge is 0.361 e. The van der Waals surface area contributed by atoms with Crippen molar-refractivity contribution in [1.82, 2.24) is 14.7 Å². The molecule has 0 spiro atoms. The molecule has 0 saturated carbocycles. The highest BCUT2D eigenvalue weighted by Gasteiger charge is 2.18. The quantitative estimate of drug-likeness (QED) is 0.376. The van der Waals surface area contributed by atoms with E-state index in [4.69, 9.17) is 9.51 Å². The summed E-state index contributed by atoms with van der Waals surface area (Å²) in [5.74, 6) is 1.36. The van der Waals surface area contributed by atoms with E-state index in [0.717, 1.165) is 17.0 Å². The molecule has 0 N–H and O–H groups in total. The lowest BCUT2D eigenvalue weighted by Crippen LogP contribution is -2.27. The van der Waals surface area contributed by atoms with Gasteiger partial charge in [0, 0.05) is 11.8 Å². The van der Waals surface area contributed by atoms with Crippen LogP contribution in [0.4, 0.5) is 0 Å².